The SMILES string of the molecule is COC(=O)C1OC(OC)[C@@H](O)[C@H](O)[C@H]1OC1O[C@@H](C(=O)OC)[C@H](OC)C(O)C1O.COC(=O)[C@@H]1C[C@@H](O)[C@H](O)C(OC)O1.COC(=O)[C@@H]1OC(O)C(O)C(O)[C@H]1OC. The Morgan fingerprint density at radius 2 is 0.793 bits per heavy atom. The van der Waals surface area contributed by atoms with E-state index in [1.54, 1.807) is 0 Å². The quantitative estimate of drug-likeness (QED) is 0.0728. The summed E-state index contributed by atoms with van der Waals surface area (Å²) in [6.07, 6.45) is -26.7. The summed E-state index contributed by atoms with van der Waals surface area (Å²) in [6, 6.07) is 0. The first kappa shape index (κ1) is 51.3. The van der Waals surface area contributed by atoms with Gasteiger partial charge in [-0.15, -0.1) is 0 Å². The van der Waals surface area contributed by atoms with E-state index in [1.165, 1.54) is 35.5 Å². The normalized spacial score (nSPS) is 41.3. The third kappa shape index (κ3) is 12.1. The fourth-order valence-corrected chi connectivity index (χ4v) is 5.90. The Kier molecular flexibility index (Phi) is 21.1. The van der Waals surface area contributed by atoms with Crippen molar-refractivity contribution in [2.75, 3.05) is 56.9 Å². The van der Waals surface area contributed by atoms with Crippen molar-refractivity contribution in [3.05, 3.63) is 0 Å². The maximum absolute atomic E-state index is 12.1. The van der Waals surface area contributed by atoms with Crippen LogP contribution in [0.4, 0.5) is 0 Å². The van der Waals surface area contributed by atoms with E-state index in [9.17, 15) is 65.1 Å². The van der Waals surface area contributed by atoms with Crippen molar-refractivity contribution < 1.29 is 127 Å². The molecule has 338 valence electrons. The molecule has 0 spiro atoms. The highest BCUT2D eigenvalue weighted by molar-refractivity contribution is 5.77. The van der Waals surface area contributed by atoms with E-state index in [4.69, 9.17) is 42.6 Å². The highest BCUT2D eigenvalue weighted by atomic mass is 16.8. The Balaban J connectivity index is 0.000000335. The molecule has 4 aliphatic rings. The zero-order valence-corrected chi connectivity index (χ0v) is 32.6. The summed E-state index contributed by atoms with van der Waals surface area (Å²) in [4.78, 5) is 46.3. The molecule has 4 heterocycles. The summed E-state index contributed by atoms with van der Waals surface area (Å²) in [5.41, 5.74) is 0. The van der Waals surface area contributed by atoms with Gasteiger partial charge in [0.1, 0.15) is 61.0 Å². The van der Waals surface area contributed by atoms with Crippen LogP contribution >= 0.6 is 0 Å². The van der Waals surface area contributed by atoms with Crippen LogP contribution in [0.15, 0.2) is 0 Å². The molecule has 58 heavy (non-hydrogen) atoms. The summed E-state index contributed by atoms with van der Waals surface area (Å²) >= 11 is 0. The molecule has 26 nitrogen and oxygen atoms in total. The highest BCUT2D eigenvalue weighted by Gasteiger charge is 2.55. The third-order valence-electron chi connectivity index (χ3n) is 9.14. The summed E-state index contributed by atoms with van der Waals surface area (Å²) in [5, 5.41) is 87.8. The van der Waals surface area contributed by atoms with Crippen molar-refractivity contribution in [2.24, 2.45) is 0 Å². The second-order valence-corrected chi connectivity index (χ2v) is 12.6. The highest BCUT2D eigenvalue weighted by Crippen LogP contribution is 2.31. The number of hydrogen-bond acceptors (Lipinski definition) is 26. The lowest BCUT2D eigenvalue weighted by atomic mass is 9.96. The minimum Gasteiger partial charge on any atom is -0.467 e. The minimum absolute atomic E-state index is 0.00764. The molecular weight excluding hydrogens is 800 g/mol. The molecule has 0 radical (unpaired) electrons. The number of carbonyl (C=O) groups is 4. The van der Waals surface area contributed by atoms with Crippen LogP contribution in [-0.4, -0.2) is 243 Å². The lowest BCUT2D eigenvalue weighted by Crippen LogP contribution is -2.66. The predicted molar refractivity (Wildman–Crippen MR) is 178 cm³/mol. The first-order chi connectivity index (χ1) is 27.3. The summed E-state index contributed by atoms with van der Waals surface area (Å²) in [7, 11) is 9.46. The molecule has 0 aromatic carbocycles. The number of rotatable bonds is 10. The van der Waals surface area contributed by atoms with Crippen molar-refractivity contribution in [3.8, 4) is 0 Å². The van der Waals surface area contributed by atoms with Gasteiger partial charge in [0.25, 0.3) is 0 Å². The number of ether oxygens (including phenoxy) is 13. The smallest absolute Gasteiger partial charge is 0.337 e. The molecule has 4 rings (SSSR count). The Labute approximate surface area is 330 Å². The van der Waals surface area contributed by atoms with Crippen LogP contribution < -0.4 is 0 Å². The lowest BCUT2D eigenvalue weighted by Gasteiger charge is -2.45. The zero-order valence-electron chi connectivity index (χ0n) is 32.6. The Bertz CT molecular complexity index is 1290. The molecule has 0 aliphatic carbocycles. The molecule has 4 fully saturated rings. The van der Waals surface area contributed by atoms with Gasteiger partial charge in [-0.2, -0.15) is 0 Å². The van der Waals surface area contributed by atoms with Gasteiger partial charge in [-0.05, 0) is 0 Å². The number of aliphatic hydroxyl groups excluding tert-OH is 9. The number of hydrogen-bond donors (Lipinski definition) is 9. The van der Waals surface area contributed by atoms with Crippen LogP contribution in [0.2, 0.25) is 0 Å². The molecule has 4 aliphatic heterocycles. The molecule has 4 saturated heterocycles. The van der Waals surface area contributed by atoms with Crippen LogP contribution in [0, 0.1) is 0 Å². The first-order valence-corrected chi connectivity index (χ1v) is 17.2. The molecular formula is C32H54O26. The van der Waals surface area contributed by atoms with Gasteiger partial charge in [0.2, 0.25) is 0 Å². The van der Waals surface area contributed by atoms with E-state index in [0.717, 1.165) is 21.3 Å². The Morgan fingerprint density at radius 1 is 0.414 bits per heavy atom. The summed E-state index contributed by atoms with van der Waals surface area (Å²) in [6.45, 7) is 0. The Hall–Kier alpha value is -2.84. The van der Waals surface area contributed by atoms with E-state index in [1.807, 2.05) is 0 Å². The monoisotopic (exact) mass is 854 g/mol. The number of aliphatic hydroxyl groups is 9. The van der Waals surface area contributed by atoms with Crippen LogP contribution in [0.5, 0.6) is 0 Å². The summed E-state index contributed by atoms with van der Waals surface area (Å²) in [5.74, 6) is -3.25. The minimum atomic E-state index is -1.75. The first-order valence-electron chi connectivity index (χ1n) is 17.2. The van der Waals surface area contributed by atoms with E-state index in [-0.39, 0.29) is 6.42 Å². The molecule has 19 atom stereocenters. The second-order valence-electron chi connectivity index (χ2n) is 12.6. The Morgan fingerprint density at radius 3 is 1.24 bits per heavy atom. The van der Waals surface area contributed by atoms with Gasteiger partial charge in [-0.1, -0.05) is 0 Å². The molecule has 0 bridgehead atoms. The van der Waals surface area contributed by atoms with Crippen molar-refractivity contribution >= 4 is 23.9 Å². The van der Waals surface area contributed by atoms with Gasteiger partial charge in [-0.3, -0.25) is 0 Å². The standard InChI is InChI=1S/C16H26O13.C8H14O7.C8H14O6/c1-23-9-5(17)8(20)16(29-11(9)13(21)24-2)27-10-6(18)7(19)15(26-4)28-12(10)14(22)25-3;1-13-5-3(9)4(10)7(11)15-6(5)8(12)14-2;1-12-7(11)5-3-4(9)6(10)8(13-2)14-5/h5-12,15-20H,1-4H3;3-7,9-11H,1-2H3;4-6,8-10H,3H2,1-2H3/t5?,6-,7-,8?,9+,10+,11+,12?,15?,16?;3?,4?,5-,6-,7?;4-,5+,6+,8?/m011/s1. The molecule has 0 aromatic heterocycles. The maximum Gasteiger partial charge on any atom is 0.337 e. The van der Waals surface area contributed by atoms with Gasteiger partial charge in [0.15, 0.2) is 49.6 Å². The molecule has 0 amide bonds. The molecule has 9 unspecified atom stereocenters. The molecule has 9 N–H and O–H groups in total. The van der Waals surface area contributed by atoms with Crippen LogP contribution in [-0.2, 0) is 80.8 Å². The number of carbonyl (C=O) groups excluding carboxylic acids is 4. The van der Waals surface area contributed by atoms with Crippen LogP contribution in [0.1, 0.15) is 6.42 Å². The maximum atomic E-state index is 12.1. The third-order valence-corrected chi connectivity index (χ3v) is 9.14. The zero-order chi connectivity index (χ0) is 44.2. The van der Waals surface area contributed by atoms with Crippen molar-refractivity contribution in [3.63, 3.8) is 0 Å². The fraction of sp³-hybridized carbons (Fsp3) is 0.875. The van der Waals surface area contributed by atoms with E-state index < -0.39 is 141 Å². The van der Waals surface area contributed by atoms with Gasteiger partial charge >= 0.3 is 23.9 Å². The fourth-order valence-electron chi connectivity index (χ4n) is 5.90. The predicted octanol–water partition coefficient (Wildman–Crippen LogP) is -7.47. The topological polar surface area (TPSA) is 370 Å². The van der Waals surface area contributed by atoms with Crippen molar-refractivity contribution in [2.45, 2.75) is 123 Å². The molecule has 0 aromatic rings. The van der Waals surface area contributed by atoms with Crippen molar-refractivity contribution in [1.82, 2.24) is 0 Å². The summed E-state index contributed by atoms with van der Waals surface area (Å²) < 4.78 is 63.4. The van der Waals surface area contributed by atoms with Gasteiger partial charge in [0.05, 0.1) is 34.5 Å². The van der Waals surface area contributed by atoms with Crippen LogP contribution in [0.3, 0.4) is 0 Å². The van der Waals surface area contributed by atoms with E-state index >= 15 is 0 Å². The van der Waals surface area contributed by atoms with E-state index in [0.29, 0.717) is 0 Å². The van der Waals surface area contributed by atoms with Gasteiger partial charge < -0.3 is 108 Å². The van der Waals surface area contributed by atoms with Crippen molar-refractivity contribution in [1.29, 1.82) is 0 Å². The molecule has 0 saturated carbocycles. The van der Waals surface area contributed by atoms with Gasteiger partial charge in [-0.25, -0.2) is 19.2 Å². The van der Waals surface area contributed by atoms with E-state index in [2.05, 4.69) is 18.9 Å². The average molecular weight is 855 g/mol. The number of methoxy groups -OCH3 is 8. The number of esters is 4. The largest absolute Gasteiger partial charge is 0.467 e. The lowest BCUT2D eigenvalue weighted by molar-refractivity contribution is -0.349. The molecule has 26 heteroatoms. The second kappa shape index (κ2) is 23.8. The average Bonchev–Trinajstić information content (AvgIpc) is 3.23. The van der Waals surface area contributed by atoms with Crippen LogP contribution in [0.25, 0.3) is 0 Å². The van der Waals surface area contributed by atoms with Gasteiger partial charge in [0, 0.05) is 34.9 Å².